The molecule has 0 radical (unpaired) electrons. The lowest BCUT2D eigenvalue weighted by Crippen LogP contribution is -2.47. The summed E-state index contributed by atoms with van der Waals surface area (Å²) in [5.74, 6) is -2.71. The van der Waals surface area contributed by atoms with Crippen LogP contribution in [0.25, 0.3) is 16.9 Å². The molecule has 3 heterocycles. The van der Waals surface area contributed by atoms with Crippen molar-refractivity contribution in [2.45, 2.75) is 70.6 Å². The number of carbonyl (C=O) groups excluding carboxylic acids is 2. The van der Waals surface area contributed by atoms with E-state index in [-0.39, 0.29) is 41.5 Å². The number of ether oxygens (including phenoxy) is 1. The molecule has 51 heavy (non-hydrogen) atoms. The number of nitrogens with zero attached hydrogens (tertiary/aromatic N) is 7. The maximum absolute atomic E-state index is 14.8. The van der Waals surface area contributed by atoms with Crippen LogP contribution in [0.3, 0.4) is 0 Å². The maximum Gasteiger partial charge on any atom is 0.395 e. The highest BCUT2D eigenvalue weighted by atomic mass is 35.5. The molecule has 1 aliphatic heterocycles. The quantitative estimate of drug-likeness (QED) is 0.132. The van der Waals surface area contributed by atoms with Crippen LogP contribution in [0.1, 0.15) is 75.9 Å². The summed E-state index contributed by atoms with van der Waals surface area (Å²) in [4.78, 5) is 37.2. The summed E-state index contributed by atoms with van der Waals surface area (Å²) in [6.45, 7) is 5.10. The first-order valence-electron chi connectivity index (χ1n) is 15.8. The Morgan fingerprint density at radius 2 is 1.82 bits per heavy atom. The summed E-state index contributed by atoms with van der Waals surface area (Å²) in [5, 5.41) is 14.3. The topological polar surface area (TPSA) is 157 Å². The minimum Gasteiger partial charge on any atom is -0.463 e. The largest absolute Gasteiger partial charge is 0.463 e. The molecule has 2 aromatic heterocycles. The summed E-state index contributed by atoms with van der Waals surface area (Å²) in [5.41, 5.74) is 4.20. The molecule has 0 bridgehead atoms. The van der Waals surface area contributed by atoms with Crippen molar-refractivity contribution in [3.05, 3.63) is 77.0 Å². The number of alkyl halides is 5. The summed E-state index contributed by atoms with van der Waals surface area (Å²) in [7, 11) is 0. The van der Waals surface area contributed by atoms with E-state index in [0.717, 1.165) is 15.9 Å². The summed E-state index contributed by atoms with van der Waals surface area (Å²) >= 11 is 6.42. The number of aromatic amines is 1. The lowest BCUT2D eigenvalue weighted by molar-refractivity contribution is -0.195. The second-order valence-corrected chi connectivity index (χ2v) is 14.3. The van der Waals surface area contributed by atoms with E-state index in [1.807, 2.05) is 20.8 Å². The van der Waals surface area contributed by atoms with Gasteiger partial charge in [0, 0.05) is 5.56 Å². The van der Waals surface area contributed by atoms with Crippen LogP contribution in [-0.4, -0.2) is 65.7 Å². The van der Waals surface area contributed by atoms with Gasteiger partial charge in [0.1, 0.15) is 18.6 Å². The van der Waals surface area contributed by atoms with Crippen molar-refractivity contribution in [1.82, 2.24) is 35.1 Å². The van der Waals surface area contributed by atoms with Crippen molar-refractivity contribution >= 4 is 29.4 Å². The Hall–Kier alpha value is -4.93. The Bertz CT molecular complexity index is 1950. The molecule has 4 aromatic rings. The first-order chi connectivity index (χ1) is 23.9. The number of hydrogen-bond acceptors (Lipinski definition) is 9. The van der Waals surface area contributed by atoms with Crippen LogP contribution in [-0.2, 0) is 19.9 Å². The van der Waals surface area contributed by atoms with Crippen molar-refractivity contribution in [3.8, 4) is 16.9 Å². The zero-order valence-electron chi connectivity index (χ0n) is 27.6. The van der Waals surface area contributed by atoms with Gasteiger partial charge < -0.3 is 10.5 Å². The lowest BCUT2D eigenvalue weighted by Gasteiger charge is -2.35. The molecular weight excluding hydrogens is 701 g/mol. The standard InChI is InChI=1S/C33H33ClF5N9O3/c1-30(2,3)16-32(20-7-4-18(5-8-20)22-14-42-46-45-22)28(50)47(29(40)44-32)24(15-51-25(49)13-31(10-11-31)33(37,38)39)19-6-9-21(34)23(12-19)48-27(26(35)36)41-17-43-48/h4-9,12,14,17,24,26H,10-11,13,15-16H2,1-3H3,(H2,40,44)(H,42,45,46)/t24-,32-/m1/s1. The third-order valence-corrected chi connectivity index (χ3v) is 9.31. The number of nitrogens with two attached hydrogens (primary N) is 1. The third-order valence-electron chi connectivity index (χ3n) is 8.99. The molecule has 2 aromatic carbocycles. The zero-order chi connectivity index (χ0) is 36.9. The number of amides is 1. The number of guanidine groups is 1. The van der Waals surface area contributed by atoms with Crippen molar-refractivity contribution in [2.75, 3.05) is 6.61 Å². The van der Waals surface area contributed by atoms with Gasteiger partial charge in [0.2, 0.25) is 0 Å². The van der Waals surface area contributed by atoms with Crippen molar-refractivity contribution in [2.24, 2.45) is 21.6 Å². The molecule has 12 nitrogen and oxygen atoms in total. The van der Waals surface area contributed by atoms with Gasteiger partial charge in [-0.2, -0.15) is 33.7 Å². The third kappa shape index (κ3) is 6.90. The van der Waals surface area contributed by atoms with Gasteiger partial charge in [-0.1, -0.05) is 62.7 Å². The fourth-order valence-electron chi connectivity index (χ4n) is 6.35. The van der Waals surface area contributed by atoms with E-state index in [9.17, 15) is 31.5 Å². The van der Waals surface area contributed by atoms with Crippen molar-refractivity contribution in [3.63, 3.8) is 0 Å². The van der Waals surface area contributed by atoms with E-state index < -0.39 is 65.7 Å². The molecule has 18 heteroatoms. The van der Waals surface area contributed by atoms with E-state index in [1.165, 1.54) is 24.4 Å². The number of aromatic nitrogens is 6. The Balaban J connectivity index is 1.41. The molecule has 2 atom stereocenters. The van der Waals surface area contributed by atoms with Crippen LogP contribution in [0.4, 0.5) is 22.0 Å². The number of esters is 1. The van der Waals surface area contributed by atoms with Gasteiger partial charge in [0.05, 0.1) is 34.8 Å². The molecule has 1 saturated carbocycles. The monoisotopic (exact) mass is 733 g/mol. The van der Waals surface area contributed by atoms with Crippen LogP contribution in [0.15, 0.2) is 60.0 Å². The number of H-pyrrole nitrogens is 1. The fraction of sp³-hybridized carbons (Fsp3) is 0.424. The minimum atomic E-state index is -4.60. The van der Waals surface area contributed by atoms with Crippen molar-refractivity contribution in [1.29, 1.82) is 0 Å². The first kappa shape index (κ1) is 35.9. The van der Waals surface area contributed by atoms with E-state index in [0.29, 0.717) is 16.8 Å². The van der Waals surface area contributed by atoms with Crippen LogP contribution < -0.4 is 5.73 Å². The van der Waals surface area contributed by atoms with Gasteiger partial charge >= 0.3 is 12.1 Å². The number of carbonyl (C=O) groups is 2. The number of hydrogen-bond donors (Lipinski definition) is 2. The molecule has 1 amide bonds. The van der Waals surface area contributed by atoms with Crippen LogP contribution in [0.5, 0.6) is 0 Å². The van der Waals surface area contributed by atoms with Crippen LogP contribution in [0, 0.1) is 10.8 Å². The highest BCUT2D eigenvalue weighted by Gasteiger charge is 2.64. The number of aliphatic imine (C=N–C) groups is 1. The average Bonchev–Trinajstić information content (AvgIpc) is 3.38. The van der Waals surface area contributed by atoms with Gasteiger partial charge in [-0.15, -0.1) is 0 Å². The molecule has 2 aliphatic rings. The number of rotatable bonds is 11. The molecule has 1 aliphatic carbocycles. The molecule has 1 fully saturated rings. The Morgan fingerprint density at radius 1 is 1.12 bits per heavy atom. The van der Waals surface area contributed by atoms with Gasteiger partial charge in [0.25, 0.3) is 12.3 Å². The SMILES string of the molecule is CC(C)(C)C[C@]1(c2ccc(-c3cn[nH]n3)cc2)N=C(N)N([C@H](COC(=O)CC2(C(F)(F)F)CC2)c2ccc(Cl)c(-n3ncnc3C(F)F)c2)C1=O. The van der Waals surface area contributed by atoms with Crippen molar-refractivity contribution < 1.29 is 36.3 Å². The van der Waals surface area contributed by atoms with Crippen LogP contribution in [0.2, 0.25) is 5.02 Å². The number of benzene rings is 2. The predicted octanol–water partition coefficient (Wildman–Crippen LogP) is 6.45. The normalized spacial score (nSPS) is 19.4. The van der Waals surface area contributed by atoms with Gasteiger partial charge in [-0.25, -0.2) is 23.4 Å². The predicted molar refractivity (Wildman–Crippen MR) is 173 cm³/mol. The zero-order valence-corrected chi connectivity index (χ0v) is 28.3. The Kier molecular flexibility index (Phi) is 9.14. The second kappa shape index (κ2) is 13.0. The van der Waals surface area contributed by atoms with E-state index in [4.69, 9.17) is 27.1 Å². The summed E-state index contributed by atoms with van der Waals surface area (Å²) < 4.78 is 74.9. The molecule has 0 spiro atoms. The highest BCUT2D eigenvalue weighted by molar-refractivity contribution is 6.32. The molecule has 0 unspecified atom stereocenters. The van der Waals surface area contributed by atoms with Gasteiger partial charge in [-0.3, -0.25) is 14.5 Å². The molecular formula is C33H33ClF5N9O3. The second-order valence-electron chi connectivity index (χ2n) is 13.9. The molecule has 270 valence electrons. The van der Waals surface area contributed by atoms with E-state index in [2.05, 4.69) is 25.5 Å². The first-order valence-corrected chi connectivity index (χ1v) is 16.2. The number of nitrogens with one attached hydrogen (secondary N) is 1. The van der Waals surface area contributed by atoms with Gasteiger partial charge in [0.15, 0.2) is 17.3 Å². The average molecular weight is 734 g/mol. The molecule has 3 N–H and O–H groups in total. The number of halogens is 6. The Labute approximate surface area is 293 Å². The van der Waals surface area contributed by atoms with Crippen LogP contribution >= 0.6 is 11.6 Å². The van der Waals surface area contributed by atoms with E-state index >= 15 is 0 Å². The van der Waals surface area contributed by atoms with Gasteiger partial charge in [-0.05, 0) is 47.9 Å². The fourth-order valence-corrected chi connectivity index (χ4v) is 6.54. The highest BCUT2D eigenvalue weighted by Crippen LogP contribution is 2.60. The lowest BCUT2D eigenvalue weighted by atomic mass is 9.75. The minimum absolute atomic E-state index is 0.00795. The molecule has 0 saturated heterocycles. The summed E-state index contributed by atoms with van der Waals surface area (Å²) in [6, 6.07) is 9.80. The Morgan fingerprint density at radius 3 is 2.41 bits per heavy atom. The van der Waals surface area contributed by atoms with E-state index in [1.54, 1.807) is 24.3 Å². The summed E-state index contributed by atoms with van der Waals surface area (Å²) in [6.07, 6.45) is -6.34. The molecule has 6 rings (SSSR count). The maximum atomic E-state index is 14.8. The smallest absolute Gasteiger partial charge is 0.395 e.